The van der Waals surface area contributed by atoms with Gasteiger partial charge in [0, 0.05) is 37.0 Å². The Morgan fingerprint density at radius 2 is 0.807 bits per heavy atom. The van der Waals surface area contributed by atoms with Gasteiger partial charge in [-0.1, -0.05) is 126 Å². The zero-order valence-electron chi connectivity index (χ0n) is 35.6. The summed E-state index contributed by atoms with van der Waals surface area (Å²) in [5.74, 6) is 0. The molecule has 9 aromatic rings. The first kappa shape index (κ1) is 37.2. The lowest BCUT2D eigenvalue weighted by Gasteiger charge is -2.20. The fourth-order valence-electron chi connectivity index (χ4n) is 8.76. The van der Waals surface area contributed by atoms with Crippen LogP contribution in [0.25, 0.3) is 75.2 Å². The van der Waals surface area contributed by atoms with Gasteiger partial charge in [0.25, 0.3) is 0 Å². The molecule has 0 fully saturated rings. The van der Waals surface area contributed by atoms with E-state index in [9.17, 15) is 5.26 Å². The Hall–Kier alpha value is -5.37. The van der Waals surface area contributed by atoms with E-state index < -0.39 is 0 Å². The number of benzene rings is 6. The molecular formula is C53H53N3S. The van der Waals surface area contributed by atoms with Gasteiger partial charge in [0.05, 0.1) is 43.7 Å². The molecule has 6 aromatic carbocycles. The van der Waals surface area contributed by atoms with Gasteiger partial charge in [-0.3, -0.25) is 0 Å². The lowest BCUT2D eigenvalue weighted by atomic mass is 9.85. The first-order chi connectivity index (χ1) is 26.8. The Kier molecular flexibility index (Phi) is 8.04. The smallest absolute Gasteiger partial charge is 0.102 e. The van der Waals surface area contributed by atoms with Gasteiger partial charge >= 0.3 is 0 Å². The van der Waals surface area contributed by atoms with Crippen LogP contribution < -0.4 is 0 Å². The van der Waals surface area contributed by atoms with Crippen molar-refractivity contribution in [1.29, 1.82) is 5.26 Å². The molecule has 286 valence electrons. The van der Waals surface area contributed by atoms with E-state index in [-0.39, 0.29) is 21.7 Å². The molecule has 0 aliphatic heterocycles. The van der Waals surface area contributed by atoms with E-state index in [1.807, 2.05) is 0 Å². The number of hydrogen-bond donors (Lipinski definition) is 0. The highest BCUT2D eigenvalue weighted by Crippen LogP contribution is 2.47. The molecule has 0 unspecified atom stereocenters. The van der Waals surface area contributed by atoms with Crippen molar-refractivity contribution in [3.05, 3.63) is 131 Å². The van der Waals surface area contributed by atoms with Crippen molar-refractivity contribution < 1.29 is 0 Å². The average Bonchev–Trinajstić information content (AvgIpc) is 3.80. The SMILES string of the molecule is CC(C)(C)c1ccc2c(c1)c1cc(C(C)(C)C)ccc1n2-c1cc(-n2c3ccc(C(C)(C)C)cc3c3cc(C(C)(C)C)ccc32)c2sc3ccccc3c2c1C#N. The summed E-state index contributed by atoms with van der Waals surface area (Å²) in [6.07, 6.45) is 0. The summed E-state index contributed by atoms with van der Waals surface area (Å²) in [5.41, 5.74) is 12.5. The molecule has 0 bridgehead atoms. The molecule has 0 N–H and O–H groups in total. The van der Waals surface area contributed by atoms with Gasteiger partial charge in [-0.25, -0.2) is 0 Å². The van der Waals surface area contributed by atoms with Crippen LogP contribution >= 0.6 is 11.3 Å². The second-order valence-corrected chi connectivity index (χ2v) is 21.4. The fraction of sp³-hybridized carbons (Fsp3) is 0.302. The third kappa shape index (κ3) is 5.80. The molecule has 0 atom stereocenters. The topological polar surface area (TPSA) is 33.6 Å². The van der Waals surface area contributed by atoms with Crippen LogP contribution in [0.1, 0.15) is 111 Å². The van der Waals surface area contributed by atoms with Crippen LogP contribution in [0.5, 0.6) is 0 Å². The molecule has 0 aliphatic rings. The van der Waals surface area contributed by atoms with Crippen LogP contribution in [0, 0.1) is 11.3 Å². The van der Waals surface area contributed by atoms with Crippen molar-refractivity contribution in [2.45, 2.75) is 105 Å². The van der Waals surface area contributed by atoms with E-state index >= 15 is 0 Å². The molecule has 57 heavy (non-hydrogen) atoms. The minimum atomic E-state index is -0.0139. The van der Waals surface area contributed by atoms with E-state index in [2.05, 4.69) is 201 Å². The van der Waals surface area contributed by atoms with Crippen molar-refractivity contribution in [1.82, 2.24) is 9.13 Å². The largest absolute Gasteiger partial charge is 0.308 e. The molecule has 3 nitrogen and oxygen atoms in total. The van der Waals surface area contributed by atoms with E-state index in [1.165, 1.54) is 59.5 Å². The van der Waals surface area contributed by atoms with Crippen LogP contribution in [0.2, 0.25) is 0 Å². The molecule has 0 saturated heterocycles. The van der Waals surface area contributed by atoms with Gasteiger partial charge in [0.2, 0.25) is 0 Å². The third-order valence-corrected chi connectivity index (χ3v) is 13.4. The molecule has 0 amide bonds. The first-order valence-electron chi connectivity index (χ1n) is 20.3. The number of nitriles is 1. The summed E-state index contributed by atoms with van der Waals surface area (Å²) in [6.45, 7) is 27.5. The maximum atomic E-state index is 11.4. The first-order valence-corrected chi connectivity index (χ1v) is 21.1. The summed E-state index contributed by atoms with van der Waals surface area (Å²) in [4.78, 5) is 0. The number of thiophene rings is 1. The predicted octanol–water partition coefficient (Wildman–Crippen LogP) is 15.3. The monoisotopic (exact) mass is 763 g/mol. The van der Waals surface area contributed by atoms with Crippen molar-refractivity contribution in [3.63, 3.8) is 0 Å². The molecule has 0 spiro atoms. The average molecular weight is 764 g/mol. The van der Waals surface area contributed by atoms with E-state index in [1.54, 1.807) is 11.3 Å². The van der Waals surface area contributed by atoms with Gasteiger partial charge in [0.1, 0.15) is 6.07 Å². The Morgan fingerprint density at radius 1 is 0.439 bits per heavy atom. The highest BCUT2D eigenvalue weighted by molar-refractivity contribution is 7.26. The summed E-state index contributed by atoms with van der Waals surface area (Å²) in [6, 6.07) is 41.7. The zero-order chi connectivity index (χ0) is 40.6. The number of aromatic nitrogens is 2. The summed E-state index contributed by atoms with van der Waals surface area (Å²) in [5, 5.41) is 18.4. The lowest BCUT2D eigenvalue weighted by Crippen LogP contribution is -2.10. The Bertz CT molecular complexity index is 3020. The highest BCUT2D eigenvalue weighted by atomic mass is 32.1. The normalized spacial score (nSPS) is 13.2. The van der Waals surface area contributed by atoms with Crippen LogP contribution in [-0.2, 0) is 21.7 Å². The second kappa shape index (κ2) is 12.3. The Balaban J connectivity index is 1.48. The standard InChI is InChI=1S/C53H53N3S/c1-50(2,3)31-17-21-41-36(25-31)37-26-32(51(4,5)6)18-22-42(37)55(41)45-29-46(49-48(40(45)30-54)35-15-13-14-16-47(35)57-49)56-43-23-19-33(52(7,8)9)27-38(43)39-28-34(53(10,11)12)20-24-44(39)56/h13-29H,1-12H3. The summed E-state index contributed by atoms with van der Waals surface area (Å²) in [7, 11) is 0. The van der Waals surface area contributed by atoms with Gasteiger partial charge in [-0.15, -0.1) is 11.3 Å². The maximum Gasteiger partial charge on any atom is 0.102 e. The zero-order valence-corrected chi connectivity index (χ0v) is 36.4. The Labute approximate surface area is 341 Å². The van der Waals surface area contributed by atoms with E-state index in [0.717, 1.165) is 37.9 Å². The fourth-order valence-corrected chi connectivity index (χ4v) is 9.97. The lowest BCUT2D eigenvalue weighted by molar-refractivity contribution is 0.590. The molecule has 0 radical (unpaired) electrons. The van der Waals surface area contributed by atoms with Crippen LogP contribution in [0.15, 0.2) is 103 Å². The van der Waals surface area contributed by atoms with Crippen molar-refractivity contribution in [2.24, 2.45) is 0 Å². The second-order valence-electron chi connectivity index (χ2n) is 20.3. The molecule has 0 saturated carbocycles. The molecule has 3 aromatic heterocycles. The Morgan fingerprint density at radius 3 is 1.18 bits per heavy atom. The quantitative estimate of drug-likeness (QED) is 0.173. The van der Waals surface area contributed by atoms with Gasteiger partial charge in [-0.2, -0.15) is 5.26 Å². The summed E-state index contributed by atoms with van der Waals surface area (Å²) < 4.78 is 7.16. The molecule has 4 heteroatoms. The number of nitrogens with zero attached hydrogens (tertiary/aromatic N) is 3. The minimum absolute atomic E-state index is 0.000845. The van der Waals surface area contributed by atoms with Crippen molar-refractivity contribution in [2.75, 3.05) is 0 Å². The van der Waals surface area contributed by atoms with Crippen LogP contribution in [0.3, 0.4) is 0 Å². The molecule has 9 rings (SSSR count). The van der Waals surface area contributed by atoms with Gasteiger partial charge in [-0.05, 0) is 105 Å². The van der Waals surface area contributed by atoms with Gasteiger partial charge in [0.15, 0.2) is 0 Å². The number of hydrogen-bond acceptors (Lipinski definition) is 2. The van der Waals surface area contributed by atoms with E-state index in [4.69, 9.17) is 0 Å². The maximum absolute atomic E-state index is 11.4. The van der Waals surface area contributed by atoms with E-state index in [0.29, 0.717) is 5.56 Å². The molecule has 0 aliphatic carbocycles. The number of fused-ring (bicyclic) bond motifs is 9. The van der Waals surface area contributed by atoms with Crippen molar-refractivity contribution in [3.8, 4) is 17.4 Å². The minimum Gasteiger partial charge on any atom is -0.308 e. The van der Waals surface area contributed by atoms with Crippen LogP contribution in [-0.4, -0.2) is 9.13 Å². The predicted molar refractivity (Wildman–Crippen MR) is 248 cm³/mol. The number of rotatable bonds is 2. The third-order valence-electron chi connectivity index (χ3n) is 12.2. The van der Waals surface area contributed by atoms with Crippen LogP contribution in [0.4, 0.5) is 0 Å². The summed E-state index contributed by atoms with van der Waals surface area (Å²) >= 11 is 1.79. The van der Waals surface area contributed by atoms with Gasteiger partial charge < -0.3 is 9.13 Å². The van der Waals surface area contributed by atoms with Crippen molar-refractivity contribution >= 4 is 75.1 Å². The molecule has 3 heterocycles. The highest BCUT2D eigenvalue weighted by Gasteiger charge is 2.27. The molecular weight excluding hydrogens is 711 g/mol.